The summed E-state index contributed by atoms with van der Waals surface area (Å²) in [6.07, 6.45) is 0. The van der Waals surface area contributed by atoms with E-state index in [0.29, 0.717) is 10.6 Å². The Morgan fingerprint density at radius 2 is 1.95 bits per heavy atom. The van der Waals surface area contributed by atoms with Gasteiger partial charge in [-0.05, 0) is 36.6 Å². The summed E-state index contributed by atoms with van der Waals surface area (Å²) in [7, 11) is 2.99. The molecule has 0 bridgehead atoms. The Morgan fingerprint density at radius 1 is 1.25 bits per heavy atom. The van der Waals surface area contributed by atoms with Gasteiger partial charge >= 0.3 is 5.97 Å². The minimum absolute atomic E-state index is 0.402. The number of hydrogen-bond donors (Lipinski definition) is 1. The standard InChI is InChI=1S/C15H17NO3S/c1-8-5-6-10(7-11(8)18-3)13-9(2)12(16)14(20-13)15(17)19-4/h5-7H,16H2,1-4H3. The molecule has 20 heavy (non-hydrogen) atoms. The number of benzene rings is 1. The fourth-order valence-corrected chi connectivity index (χ4v) is 3.15. The highest BCUT2D eigenvalue weighted by molar-refractivity contribution is 7.18. The molecule has 0 spiro atoms. The normalized spacial score (nSPS) is 10.4. The number of aryl methyl sites for hydroxylation is 1. The Labute approximate surface area is 122 Å². The van der Waals surface area contributed by atoms with Crippen LogP contribution in [0.3, 0.4) is 0 Å². The molecule has 2 N–H and O–H groups in total. The second-order valence-electron chi connectivity index (χ2n) is 4.47. The smallest absolute Gasteiger partial charge is 0.350 e. The van der Waals surface area contributed by atoms with E-state index in [1.807, 2.05) is 32.0 Å². The zero-order valence-corrected chi connectivity index (χ0v) is 12.8. The van der Waals surface area contributed by atoms with Gasteiger partial charge in [0.15, 0.2) is 0 Å². The Morgan fingerprint density at radius 3 is 2.55 bits per heavy atom. The molecular formula is C15H17NO3S. The van der Waals surface area contributed by atoms with E-state index in [1.54, 1.807) is 7.11 Å². The Kier molecular flexibility index (Phi) is 3.99. The van der Waals surface area contributed by atoms with Crippen LogP contribution in [0.25, 0.3) is 10.4 Å². The van der Waals surface area contributed by atoms with Crippen LogP contribution >= 0.6 is 11.3 Å². The van der Waals surface area contributed by atoms with Crippen LogP contribution in [0, 0.1) is 13.8 Å². The second-order valence-corrected chi connectivity index (χ2v) is 5.50. The minimum atomic E-state index is -0.402. The van der Waals surface area contributed by atoms with Gasteiger partial charge in [0.2, 0.25) is 0 Å². The van der Waals surface area contributed by atoms with Crippen molar-refractivity contribution in [2.45, 2.75) is 13.8 Å². The molecule has 2 aromatic rings. The number of ether oxygens (including phenoxy) is 2. The number of carbonyl (C=O) groups is 1. The third kappa shape index (κ3) is 2.36. The van der Waals surface area contributed by atoms with Crippen LogP contribution in [0.2, 0.25) is 0 Å². The van der Waals surface area contributed by atoms with Crippen LogP contribution in [0.4, 0.5) is 5.69 Å². The van der Waals surface area contributed by atoms with Crippen LogP contribution in [0.5, 0.6) is 5.75 Å². The van der Waals surface area contributed by atoms with Gasteiger partial charge in [-0.3, -0.25) is 0 Å². The largest absolute Gasteiger partial charge is 0.496 e. The number of carbonyl (C=O) groups excluding carboxylic acids is 1. The Hall–Kier alpha value is -2.01. The third-order valence-electron chi connectivity index (χ3n) is 3.23. The van der Waals surface area contributed by atoms with Gasteiger partial charge in [-0.2, -0.15) is 0 Å². The fourth-order valence-electron chi connectivity index (χ4n) is 2.01. The van der Waals surface area contributed by atoms with E-state index in [4.69, 9.17) is 15.2 Å². The van der Waals surface area contributed by atoms with E-state index in [-0.39, 0.29) is 0 Å². The number of thiophene rings is 1. The summed E-state index contributed by atoms with van der Waals surface area (Å²) in [6, 6.07) is 5.94. The number of nitrogens with two attached hydrogens (primary N) is 1. The first-order chi connectivity index (χ1) is 9.49. The zero-order valence-electron chi connectivity index (χ0n) is 11.9. The molecule has 0 atom stereocenters. The lowest BCUT2D eigenvalue weighted by atomic mass is 10.1. The van der Waals surface area contributed by atoms with Crippen LogP contribution < -0.4 is 10.5 Å². The number of hydrogen-bond acceptors (Lipinski definition) is 5. The lowest BCUT2D eigenvalue weighted by Crippen LogP contribution is -2.01. The quantitative estimate of drug-likeness (QED) is 0.880. The Bertz CT molecular complexity index is 661. The summed E-state index contributed by atoms with van der Waals surface area (Å²) in [4.78, 5) is 13.1. The molecule has 0 radical (unpaired) electrons. The molecular weight excluding hydrogens is 274 g/mol. The van der Waals surface area contributed by atoms with Crippen LogP contribution in [0.1, 0.15) is 20.8 Å². The van der Waals surface area contributed by atoms with Gasteiger partial charge in [-0.1, -0.05) is 12.1 Å². The van der Waals surface area contributed by atoms with Crippen molar-refractivity contribution in [2.24, 2.45) is 0 Å². The van der Waals surface area contributed by atoms with E-state index >= 15 is 0 Å². The molecule has 0 fully saturated rings. The van der Waals surface area contributed by atoms with Crippen molar-refractivity contribution >= 4 is 23.0 Å². The average Bonchev–Trinajstić information content (AvgIpc) is 2.75. The van der Waals surface area contributed by atoms with E-state index < -0.39 is 5.97 Å². The number of esters is 1. The molecule has 0 unspecified atom stereocenters. The summed E-state index contributed by atoms with van der Waals surface area (Å²) in [5.74, 6) is 0.411. The van der Waals surface area contributed by atoms with E-state index in [1.165, 1.54) is 18.4 Å². The molecule has 0 aliphatic rings. The fraction of sp³-hybridized carbons (Fsp3) is 0.267. The maximum absolute atomic E-state index is 11.7. The first-order valence-electron chi connectivity index (χ1n) is 6.11. The van der Waals surface area contributed by atoms with Gasteiger partial charge in [0.1, 0.15) is 10.6 Å². The molecule has 106 valence electrons. The van der Waals surface area contributed by atoms with Crippen molar-refractivity contribution in [1.29, 1.82) is 0 Å². The minimum Gasteiger partial charge on any atom is -0.496 e. The SMILES string of the molecule is COC(=O)c1sc(-c2ccc(C)c(OC)c2)c(C)c1N. The molecule has 0 aliphatic heterocycles. The zero-order chi connectivity index (χ0) is 14.9. The number of rotatable bonds is 3. The van der Waals surface area contributed by atoms with Crippen molar-refractivity contribution in [2.75, 3.05) is 20.0 Å². The van der Waals surface area contributed by atoms with Crippen LogP contribution in [-0.2, 0) is 4.74 Å². The topological polar surface area (TPSA) is 61.5 Å². The van der Waals surface area contributed by atoms with Gasteiger partial charge in [0.25, 0.3) is 0 Å². The first kappa shape index (κ1) is 14.4. The molecule has 4 nitrogen and oxygen atoms in total. The Balaban J connectivity index is 2.56. The molecule has 2 rings (SSSR count). The van der Waals surface area contributed by atoms with Crippen LogP contribution in [0.15, 0.2) is 18.2 Å². The summed E-state index contributed by atoms with van der Waals surface area (Å²) in [6.45, 7) is 3.89. The summed E-state index contributed by atoms with van der Waals surface area (Å²) >= 11 is 1.34. The van der Waals surface area contributed by atoms with Crippen molar-refractivity contribution < 1.29 is 14.3 Å². The summed E-state index contributed by atoms with van der Waals surface area (Å²) in [5, 5.41) is 0. The number of anilines is 1. The number of methoxy groups -OCH3 is 2. The third-order valence-corrected chi connectivity index (χ3v) is 4.57. The predicted octanol–water partition coefficient (Wildman–Crippen LogP) is 3.41. The lowest BCUT2D eigenvalue weighted by molar-refractivity contribution is 0.0607. The molecule has 0 aliphatic carbocycles. The summed E-state index contributed by atoms with van der Waals surface area (Å²) < 4.78 is 10.1. The van der Waals surface area contributed by atoms with Gasteiger partial charge in [-0.25, -0.2) is 4.79 Å². The maximum Gasteiger partial charge on any atom is 0.350 e. The molecule has 1 aromatic heterocycles. The van der Waals surface area contributed by atoms with E-state index in [2.05, 4.69) is 0 Å². The molecule has 5 heteroatoms. The van der Waals surface area contributed by atoms with Crippen molar-refractivity contribution in [3.63, 3.8) is 0 Å². The average molecular weight is 291 g/mol. The first-order valence-corrected chi connectivity index (χ1v) is 6.93. The molecule has 0 saturated carbocycles. The van der Waals surface area contributed by atoms with Crippen molar-refractivity contribution in [3.8, 4) is 16.2 Å². The van der Waals surface area contributed by atoms with Crippen molar-refractivity contribution in [1.82, 2.24) is 0 Å². The van der Waals surface area contributed by atoms with Crippen molar-refractivity contribution in [3.05, 3.63) is 34.2 Å². The highest BCUT2D eigenvalue weighted by Gasteiger charge is 2.20. The molecule has 0 amide bonds. The molecule has 0 saturated heterocycles. The van der Waals surface area contributed by atoms with Gasteiger partial charge in [0, 0.05) is 4.88 Å². The lowest BCUT2D eigenvalue weighted by Gasteiger charge is -2.07. The van der Waals surface area contributed by atoms with E-state index in [0.717, 1.165) is 27.3 Å². The summed E-state index contributed by atoms with van der Waals surface area (Å²) in [5.41, 5.74) is 9.41. The number of nitrogen functional groups attached to an aromatic ring is 1. The van der Waals surface area contributed by atoms with Gasteiger partial charge in [0.05, 0.1) is 19.9 Å². The second kappa shape index (κ2) is 5.54. The highest BCUT2D eigenvalue weighted by atomic mass is 32.1. The molecule has 1 heterocycles. The van der Waals surface area contributed by atoms with E-state index in [9.17, 15) is 4.79 Å². The van der Waals surface area contributed by atoms with Gasteiger partial charge < -0.3 is 15.2 Å². The maximum atomic E-state index is 11.7. The van der Waals surface area contributed by atoms with Crippen LogP contribution in [-0.4, -0.2) is 20.2 Å². The monoisotopic (exact) mass is 291 g/mol. The van der Waals surface area contributed by atoms with Gasteiger partial charge in [-0.15, -0.1) is 11.3 Å². The molecule has 1 aromatic carbocycles. The predicted molar refractivity (Wildman–Crippen MR) is 81.5 cm³/mol. The highest BCUT2D eigenvalue weighted by Crippen LogP contribution is 2.39.